The van der Waals surface area contributed by atoms with Crippen molar-refractivity contribution < 1.29 is 19.0 Å². The Labute approximate surface area is 183 Å². The topological polar surface area (TPSA) is 112 Å². The van der Waals surface area contributed by atoms with Crippen LogP contribution in [-0.4, -0.2) is 75.5 Å². The van der Waals surface area contributed by atoms with E-state index in [1.54, 1.807) is 24.2 Å². The van der Waals surface area contributed by atoms with E-state index in [0.29, 0.717) is 36.8 Å². The molecule has 0 spiro atoms. The number of nitrogens with zero attached hydrogens (tertiary/aromatic N) is 8. The van der Waals surface area contributed by atoms with E-state index in [0.717, 1.165) is 11.3 Å². The van der Waals surface area contributed by atoms with Crippen molar-refractivity contribution in [3.05, 3.63) is 35.7 Å². The van der Waals surface area contributed by atoms with Gasteiger partial charge < -0.3 is 14.7 Å². The van der Waals surface area contributed by atoms with E-state index in [4.69, 9.17) is 9.84 Å². The quantitative estimate of drug-likeness (QED) is 0.748. The molecule has 1 amide bonds. The van der Waals surface area contributed by atoms with E-state index in [9.17, 15) is 9.90 Å². The van der Waals surface area contributed by atoms with Gasteiger partial charge in [0.1, 0.15) is 6.10 Å². The number of benzene rings is 1. The first-order valence-corrected chi connectivity index (χ1v) is 10.4. The Bertz CT molecular complexity index is 1120. The number of amides is 1. The van der Waals surface area contributed by atoms with Crippen molar-refractivity contribution in [3.8, 4) is 0 Å². The highest BCUT2D eigenvalue weighted by Crippen LogP contribution is 2.32. The summed E-state index contributed by atoms with van der Waals surface area (Å²) in [5.41, 5.74) is 2.60. The third kappa shape index (κ3) is 3.55. The molecular formula is C20H23FN8O3. The highest BCUT2D eigenvalue weighted by atomic mass is 19.1. The smallest absolute Gasteiger partial charge is 0.414 e. The number of hydrogen-bond acceptors (Lipinski definition) is 9. The van der Waals surface area contributed by atoms with Crippen LogP contribution >= 0.6 is 0 Å². The molecule has 2 aromatic rings. The summed E-state index contributed by atoms with van der Waals surface area (Å²) >= 11 is 0. The molecule has 1 aromatic heterocycles. The van der Waals surface area contributed by atoms with Gasteiger partial charge in [0.2, 0.25) is 0 Å². The Kier molecular flexibility index (Phi) is 5.00. The molecule has 2 saturated heterocycles. The fourth-order valence-corrected chi connectivity index (χ4v) is 4.06. The number of halogens is 1. The van der Waals surface area contributed by atoms with E-state index >= 15 is 4.39 Å². The number of rotatable bonds is 4. The summed E-state index contributed by atoms with van der Waals surface area (Å²) < 4.78 is 20.2. The number of aliphatic hydroxyl groups excluding tert-OH is 1. The SMILES string of the molecule is CC1CC=C2CN(c3nnn(C)n3)CC2=NN1c1ccc(N2CC(CO)OC2=O)cc1F. The van der Waals surface area contributed by atoms with Crippen LogP contribution in [0.2, 0.25) is 0 Å². The van der Waals surface area contributed by atoms with E-state index < -0.39 is 18.0 Å². The zero-order valence-corrected chi connectivity index (χ0v) is 17.7. The summed E-state index contributed by atoms with van der Waals surface area (Å²) in [6.07, 6.45) is 1.61. The number of aromatic nitrogens is 4. The lowest BCUT2D eigenvalue weighted by molar-refractivity contribution is 0.0963. The summed E-state index contributed by atoms with van der Waals surface area (Å²) in [5.74, 6) is 0.0332. The minimum atomic E-state index is -0.610. The average molecular weight is 442 g/mol. The number of fused-ring (bicyclic) bond motifs is 1. The molecule has 0 bridgehead atoms. The van der Waals surface area contributed by atoms with Gasteiger partial charge in [0.05, 0.1) is 49.9 Å². The van der Waals surface area contributed by atoms with Crippen molar-refractivity contribution in [1.29, 1.82) is 0 Å². The van der Waals surface area contributed by atoms with Crippen LogP contribution in [0, 0.1) is 5.82 Å². The van der Waals surface area contributed by atoms with E-state index in [1.807, 2.05) is 11.8 Å². The molecule has 2 atom stereocenters. The molecule has 0 saturated carbocycles. The standard InChI is InChI=1S/C20H23FN8O3/c1-12-3-4-13-8-27(19-22-25-26(2)24-19)10-17(13)23-29(12)18-6-5-14(7-16(18)21)28-9-15(11-30)32-20(28)31/h4-7,12,15,30H,3,8-11H2,1-2H3. The van der Waals surface area contributed by atoms with Gasteiger partial charge in [-0.15, -0.1) is 5.10 Å². The number of carbonyl (C=O) groups excluding carboxylic acids is 1. The lowest BCUT2D eigenvalue weighted by atomic mass is 10.1. The Morgan fingerprint density at radius 2 is 2.16 bits per heavy atom. The number of hydrazone groups is 1. The lowest BCUT2D eigenvalue weighted by Crippen LogP contribution is -2.30. The fraction of sp³-hybridized carbons (Fsp3) is 0.450. The van der Waals surface area contributed by atoms with Crippen LogP contribution in [0.15, 0.2) is 34.9 Å². The van der Waals surface area contributed by atoms with Crippen molar-refractivity contribution >= 4 is 29.1 Å². The maximum atomic E-state index is 15.2. The molecule has 3 aliphatic heterocycles. The second-order valence-electron chi connectivity index (χ2n) is 8.07. The molecule has 11 nitrogen and oxygen atoms in total. The molecule has 3 aliphatic rings. The van der Waals surface area contributed by atoms with Crippen LogP contribution in [0.4, 0.5) is 26.5 Å². The molecule has 5 rings (SSSR count). The zero-order valence-electron chi connectivity index (χ0n) is 17.7. The molecule has 168 valence electrons. The number of anilines is 3. The van der Waals surface area contributed by atoms with Gasteiger partial charge >= 0.3 is 6.09 Å². The normalized spacial score (nSPS) is 23.1. The number of hydrogen-bond donors (Lipinski definition) is 1. The summed E-state index contributed by atoms with van der Waals surface area (Å²) in [5, 5.41) is 27.9. The van der Waals surface area contributed by atoms with Crippen molar-refractivity contribution in [2.45, 2.75) is 25.5 Å². The third-order valence-electron chi connectivity index (χ3n) is 5.77. The molecule has 2 fully saturated rings. The predicted molar refractivity (Wildman–Crippen MR) is 114 cm³/mol. The lowest BCUT2D eigenvalue weighted by Gasteiger charge is -2.26. The molecule has 12 heteroatoms. The van der Waals surface area contributed by atoms with Gasteiger partial charge in [-0.2, -0.15) is 9.90 Å². The number of aryl methyl sites for hydroxylation is 1. The van der Waals surface area contributed by atoms with Crippen molar-refractivity contribution in [1.82, 2.24) is 20.2 Å². The van der Waals surface area contributed by atoms with Crippen molar-refractivity contribution in [2.24, 2.45) is 12.1 Å². The molecule has 0 aliphatic carbocycles. The van der Waals surface area contributed by atoms with E-state index in [-0.39, 0.29) is 19.2 Å². The fourth-order valence-electron chi connectivity index (χ4n) is 4.06. The second-order valence-corrected chi connectivity index (χ2v) is 8.07. The van der Waals surface area contributed by atoms with Gasteiger partial charge in [0, 0.05) is 6.54 Å². The monoisotopic (exact) mass is 442 g/mol. The predicted octanol–water partition coefficient (Wildman–Crippen LogP) is 1.07. The van der Waals surface area contributed by atoms with E-state index in [1.165, 1.54) is 15.8 Å². The Balaban J connectivity index is 1.40. The maximum Gasteiger partial charge on any atom is 0.414 e. The van der Waals surface area contributed by atoms with Crippen LogP contribution in [-0.2, 0) is 11.8 Å². The van der Waals surface area contributed by atoms with Gasteiger partial charge in [0.25, 0.3) is 5.95 Å². The number of ether oxygens (including phenoxy) is 1. The maximum absolute atomic E-state index is 15.2. The highest BCUT2D eigenvalue weighted by Gasteiger charge is 2.33. The van der Waals surface area contributed by atoms with Gasteiger partial charge in [-0.1, -0.05) is 11.2 Å². The summed E-state index contributed by atoms with van der Waals surface area (Å²) in [7, 11) is 1.71. The first-order chi connectivity index (χ1) is 15.4. The average Bonchev–Trinajstić information content (AvgIpc) is 3.46. The highest BCUT2D eigenvalue weighted by molar-refractivity contribution is 6.07. The number of cyclic esters (lactones) is 1. The van der Waals surface area contributed by atoms with Gasteiger partial charge in [-0.25, -0.2) is 9.18 Å². The summed E-state index contributed by atoms with van der Waals surface area (Å²) in [4.78, 5) is 16.7. The summed E-state index contributed by atoms with van der Waals surface area (Å²) in [6.45, 7) is 3.01. The first kappa shape index (κ1) is 20.4. The minimum absolute atomic E-state index is 0.0560. The molecule has 4 heterocycles. The van der Waals surface area contributed by atoms with Gasteiger partial charge in [0.15, 0.2) is 5.82 Å². The zero-order chi connectivity index (χ0) is 22.4. The largest absolute Gasteiger partial charge is 0.441 e. The van der Waals surface area contributed by atoms with E-state index in [2.05, 4.69) is 21.5 Å². The number of aliphatic hydroxyl groups is 1. The summed E-state index contributed by atoms with van der Waals surface area (Å²) in [6, 6.07) is 4.52. The molecule has 2 unspecified atom stereocenters. The van der Waals surface area contributed by atoms with Crippen LogP contribution < -0.4 is 14.8 Å². The van der Waals surface area contributed by atoms with Crippen LogP contribution in [0.3, 0.4) is 0 Å². The number of carbonyl (C=O) groups is 1. The Morgan fingerprint density at radius 3 is 2.84 bits per heavy atom. The van der Waals surface area contributed by atoms with Gasteiger partial charge in [-0.05, 0) is 42.3 Å². The second kappa shape index (κ2) is 7.86. The third-order valence-corrected chi connectivity index (χ3v) is 5.77. The van der Waals surface area contributed by atoms with Crippen LogP contribution in [0.5, 0.6) is 0 Å². The number of tetrazole rings is 1. The molecule has 32 heavy (non-hydrogen) atoms. The van der Waals surface area contributed by atoms with Crippen molar-refractivity contribution in [2.75, 3.05) is 41.0 Å². The van der Waals surface area contributed by atoms with Gasteiger partial charge in [-0.3, -0.25) is 9.91 Å². The van der Waals surface area contributed by atoms with Crippen LogP contribution in [0.1, 0.15) is 13.3 Å². The van der Waals surface area contributed by atoms with Crippen molar-refractivity contribution in [3.63, 3.8) is 0 Å². The molecular weight excluding hydrogens is 419 g/mol. The molecule has 1 aromatic carbocycles. The molecule has 1 N–H and O–H groups in total. The minimum Gasteiger partial charge on any atom is -0.441 e. The Morgan fingerprint density at radius 1 is 1.31 bits per heavy atom. The Hall–Kier alpha value is -3.54. The van der Waals surface area contributed by atoms with Crippen LogP contribution in [0.25, 0.3) is 0 Å². The first-order valence-electron chi connectivity index (χ1n) is 10.4. The molecule has 0 radical (unpaired) electrons.